The van der Waals surface area contributed by atoms with Gasteiger partial charge in [0.05, 0.1) is 17.2 Å². The molecule has 0 aliphatic heterocycles. The Morgan fingerprint density at radius 2 is 0.949 bits per heavy atom. The predicted molar refractivity (Wildman–Crippen MR) is 163 cm³/mol. The number of hydrogen-bond donors (Lipinski definition) is 0. The number of nitrogens with zero attached hydrogens (tertiary/aromatic N) is 2. The van der Waals surface area contributed by atoms with Crippen molar-refractivity contribution in [3.8, 4) is 16.8 Å². The summed E-state index contributed by atoms with van der Waals surface area (Å²) in [6.07, 6.45) is 5.70. The van der Waals surface area contributed by atoms with Crippen molar-refractivity contribution >= 4 is 21.8 Å². The summed E-state index contributed by atoms with van der Waals surface area (Å²) in [5.74, 6) is 0. The fraction of sp³-hybridized carbons (Fsp3) is 0.0541. The molecule has 186 valence electrons. The Kier molecular flexibility index (Phi) is 5.99. The topological polar surface area (TPSA) is 17.8 Å². The third-order valence-corrected chi connectivity index (χ3v) is 7.57. The molecule has 0 N–H and O–H groups in total. The number of aromatic nitrogens is 2. The maximum absolute atomic E-state index is 4.40. The fourth-order valence-electron chi connectivity index (χ4n) is 5.56. The van der Waals surface area contributed by atoms with Crippen LogP contribution in [0, 0.1) is 0 Å². The molecular weight excluding hydrogens is 472 g/mol. The minimum absolute atomic E-state index is 0.908. The lowest BCUT2D eigenvalue weighted by Crippen LogP contribution is -1.95. The fourth-order valence-corrected chi connectivity index (χ4v) is 5.56. The molecule has 0 aliphatic carbocycles. The SMILES string of the molecule is c1ccc(Cc2ccc(-c3ccc(Cc4ccc(-n5c6ccccc6c6ccncc65)cc4)cc3)cc2)cc1. The zero-order valence-corrected chi connectivity index (χ0v) is 21.7. The van der Waals surface area contributed by atoms with Gasteiger partial charge < -0.3 is 4.57 Å². The van der Waals surface area contributed by atoms with Gasteiger partial charge in [-0.15, -0.1) is 0 Å². The van der Waals surface area contributed by atoms with Gasteiger partial charge in [0, 0.05) is 22.7 Å². The number of hydrogen-bond acceptors (Lipinski definition) is 1. The molecule has 39 heavy (non-hydrogen) atoms. The van der Waals surface area contributed by atoms with Gasteiger partial charge in [0.1, 0.15) is 0 Å². The lowest BCUT2D eigenvalue weighted by atomic mass is 9.98. The van der Waals surface area contributed by atoms with Crippen molar-refractivity contribution in [2.75, 3.05) is 0 Å². The first-order chi connectivity index (χ1) is 19.3. The van der Waals surface area contributed by atoms with E-state index in [1.54, 1.807) is 0 Å². The van der Waals surface area contributed by atoms with Crippen LogP contribution in [0.3, 0.4) is 0 Å². The third-order valence-electron chi connectivity index (χ3n) is 7.57. The van der Waals surface area contributed by atoms with Crippen molar-refractivity contribution in [2.24, 2.45) is 0 Å². The Hall–Kier alpha value is -4.95. The Labute approximate surface area is 228 Å². The van der Waals surface area contributed by atoms with E-state index in [9.17, 15) is 0 Å². The van der Waals surface area contributed by atoms with E-state index in [2.05, 4.69) is 143 Å². The van der Waals surface area contributed by atoms with Crippen molar-refractivity contribution in [3.63, 3.8) is 0 Å². The Morgan fingerprint density at radius 3 is 1.59 bits per heavy atom. The first-order valence-corrected chi connectivity index (χ1v) is 13.5. The minimum Gasteiger partial charge on any atom is -0.308 e. The van der Waals surface area contributed by atoms with Crippen LogP contribution in [0.15, 0.2) is 146 Å². The second kappa shape index (κ2) is 10.1. The van der Waals surface area contributed by atoms with Gasteiger partial charge in [-0.05, 0) is 70.5 Å². The van der Waals surface area contributed by atoms with Crippen LogP contribution in [0.2, 0.25) is 0 Å². The lowest BCUT2D eigenvalue weighted by molar-refractivity contribution is 1.14. The molecule has 7 aromatic rings. The van der Waals surface area contributed by atoms with E-state index in [0.717, 1.165) is 24.0 Å². The smallest absolute Gasteiger partial charge is 0.0724 e. The predicted octanol–water partition coefficient (Wildman–Crippen LogP) is 9.03. The average molecular weight is 501 g/mol. The van der Waals surface area contributed by atoms with Crippen LogP contribution >= 0.6 is 0 Å². The van der Waals surface area contributed by atoms with Crippen molar-refractivity contribution in [1.82, 2.24) is 9.55 Å². The van der Waals surface area contributed by atoms with Gasteiger partial charge >= 0.3 is 0 Å². The first-order valence-electron chi connectivity index (χ1n) is 13.5. The summed E-state index contributed by atoms with van der Waals surface area (Å²) in [6.45, 7) is 0. The largest absolute Gasteiger partial charge is 0.308 e. The lowest BCUT2D eigenvalue weighted by Gasteiger charge is -2.10. The normalized spacial score (nSPS) is 11.3. The quantitative estimate of drug-likeness (QED) is 0.223. The van der Waals surface area contributed by atoms with Gasteiger partial charge in [0.25, 0.3) is 0 Å². The van der Waals surface area contributed by atoms with E-state index in [4.69, 9.17) is 0 Å². The van der Waals surface area contributed by atoms with E-state index in [1.165, 1.54) is 49.7 Å². The molecule has 0 atom stereocenters. The van der Waals surface area contributed by atoms with Gasteiger partial charge in [-0.3, -0.25) is 4.98 Å². The highest BCUT2D eigenvalue weighted by atomic mass is 15.0. The van der Waals surface area contributed by atoms with E-state index in [-0.39, 0.29) is 0 Å². The Balaban J connectivity index is 1.08. The average Bonchev–Trinajstić information content (AvgIpc) is 3.34. The molecule has 7 rings (SSSR count). The summed E-state index contributed by atoms with van der Waals surface area (Å²) in [5, 5.41) is 2.49. The Morgan fingerprint density at radius 1 is 0.436 bits per heavy atom. The summed E-state index contributed by atoms with van der Waals surface area (Å²) in [4.78, 5) is 4.40. The van der Waals surface area contributed by atoms with Gasteiger partial charge in [-0.1, -0.05) is 109 Å². The van der Waals surface area contributed by atoms with Crippen LogP contribution in [-0.2, 0) is 12.8 Å². The molecule has 0 fully saturated rings. The van der Waals surface area contributed by atoms with Crippen LogP contribution < -0.4 is 0 Å². The van der Waals surface area contributed by atoms with E-state index >= 15 is 0 Å². The van der Waals surface area contributed by atoms with Crippen LogP contribution in [0.1, 0.15) is 22.3 Å². The second-order valence-corrected chi connectivity index (χ2v) is 10.1. The van der Waals surface area contributed by atoms with Crippen molar-refractivity contribution in [1.29, 1.82) is 0 Å². The highest BCUT2D eigenvalue weighted by molar-refractivity contribution is 6.08. The zero-order chi connectivity index (χ0) is 26.0. The third kappa shape index (κ3) is 4.62. The standard InChI is InChI=1S/C37H28N2/c1-2-6-27(7-3-1)24-28-10-16-31(17-11-28)32-18-12-29(13-19-32)25-30-14-20-33(21-15-30)39-36-9-5-4-8-34(36)35-22-23-38-26-37(35)39/h1-23,26H,24-25H2. The molecule has 0 spiro atoms. The molecule has 0 radical (unpaired) electrons. The van der Waals surface area contributed by atoms with Crippen LogP contribution in [0.25, 0.3) is 38.6 Å². The molecule has 0 saturated heterocycles. The number of rotatable bonds is 6. The summed E-state index contributed by atoms with van der Waals surface area (Å²) >= 11 is 0. The van der Waals surface area contributed by atoms with Gasteiger partial charge in [-0.25, -0.2) is 0 Å². The molecule has 5 aromatic carbocycles. The summed E-state index contributed by atoms with van der Waals surface area (Å²) in [7, 11) is 0. The summed E-state index contributed by atoms with van der Waals surface area (Å²) < 4.78 is 2.31. The van der Waals surface area contributed by atoms with Crippen molar-refractivity contribution in [2.45, 2.75) is 12.8 Å². The molecule has 0 bridgehead atoms. The van der Waals surface area contributed by atoms with Gasteiger partial charge in [0.15, 0.2) is 0 Å². The monoisotopic (exact) mass is 500 g/mol. The van der Waals surface area contributed by atoms with E-state index in [1.807, 2.05) is 12.4 Å². The molecular formula is C37H28N2. The molecule has 2 nitrogen and oxygen atoms in total. The van der Waals surface area contributed by atoms with Crippen molar-refractivity contribution < 1.29 is 0 Å². The highest BCUT2D eigenvalue weighted by Gasteiger charge is 2.11. The summed E-state index contributed by atoms with van der Waals surface area (Å²) in [6, 6.07) is 48.1. The van der Waals surface area contributed by atoms with Crippen LogP contribution in [0.5, 0.6) is 0 Å². The van der Waals surface area contributed by atoms with Crippen molar-refractivity contribution in [3.05, 3.63) is 168 Å². The first kappa shape index (κ1) is 23.2. The molecule has 0 unspecified atom stereocenters. The Bertz CT molecular complexity index is 1810. The maximum atomic E-state index is 4.40. The number of benzene rings is 5. The highest BCUT2D eigenvalue weighted by Crippen LogP contribution is 2.31. The maximum Gasteiger partial charge on any atom is 0.0724 e. The second-order valence-electron chi connectivity index (χ2n) is 10.1. The van der Waals surface area contributed by atoms with E-state index in [0.29, 0.717) is 0 Å². The molecule has 2 heteroatoms. The minimum atomic E-state index is 0.908. The molecule has 2 aromatic heterocycles. The number of para-hydroxylation sites is 1. The molecule has 2 heterocycles. The van der Waals surface area contributed by atoms with Gasteiger partial charge in [0.2, 0.25) is 0 Å². The zero-order valence-electron chi connectivity index (χ0n) is 21.7. The number of fused-ring (bicyclic) bond motifs is 3. The number of pyridine rings is 1. The van der Waals surface area contributed by atoms with E-state index < -0.39 is 0 Å². The molecule has 0 saturated carbocycles. The molecule has 0 aliphatic rings. The van der Waals surface area contributed by atoms with Gasteiger partial charge in [-0.2, -0.15) is 0 Å². The molecule has 0 amide bonds. The van der Waals surface area contributed by atoms with Crippen LogP contribution in [0.4, 0.5) is 0 Å². The van der Waals surface area contributed by atoms with Crippen LogP contribution in [-0.4, -0.2) is 9.55 Å². The summed E-state index contributed by atoms with van der Waals surface area (Å²) in [5.41, 5.74) is 11.3.